The van der Waals surface area contributed by atoms with Gasteiger partial charge in [-0.3, -0.25) is 9.59 Å². The van der Waals surface area contributed by atoms with Crippen LogP contribution in [-0.2, 0) is 4.79 Å². The van der Waals surface area contributed by atoms with Gasteiger partial charge in [0, 0.05) is 5.02 Å². The number of rotatable bonds is 4. The first-order chi connectivity index (χ1) is 7.41. The average Bonchev–Trinajstić information content (AvgIpc) is 2.19. The molecule has 0 aliphatic carbocycles. The largest absolute Gasteiger partial charge is 0.481 e. The van der Waals surface area contributed by atoms with E-state index in [1.165, 1.54) is 6.07 Å². The first-order valence-corrected chi connectivity index (χ1v) is 4.76. The lowest BCUT2D eigenvalue weighted by Crippen LogP contribution is -2.33. The van der Waals surface area contributed by atoms with E-state index < -0.39 is 30.0 Å². The van der Waals surface area contributed by atoms with Gasteiger partial charge < -0.3 is 10.8 Å². The molecule has 86 valence electrons. The molecule has 1 unspecified atom stereocenters. The SMILES string of the molecule is NC(CC(=O)O)C(=O)c1cc(Cl)ccc1F. The minimum Gasteiger partial charge on any atom is -0.481 e. The van der Waals surface area contributed by atoms with Gasteiger partial charge in [-0.15, -0.1) is 0 Å². The molecule has 1 aromatic rings. The van der Waals surface area contributed by atoms with Crippen molar-refractivity contribution in [3.8, 4) is 0 Å². The van der Waals surface area contributed by atoms with Gasteiger partial charge in [0.25, 0.3) is 0 Å². The summed E-state index contributed by atoms with van der Waals surface area (Å²) in [7, 11) is 0. The maximum Gasteiger partial charge on any atom is 0.305 e. The van der Waals surface area contributed by atoms with Crippen LogP contribution in [0.4, 0.5) is 4.39 Å². The van der Waals surface area contributed by atoms with E-state index in [2.05, 4.69) is 0 Å². The van der Waals surface area contributed by atoms with Crippen molar-refractivity contribution in [3.05, 3.63) is 34.6 Å². The standard InChI is InChI=1S/C10H9ClFNO3/c11-5-1-2-7(12)6(3-5)10(16)8(13)4-9(14)15/h1-3,8H,4,13H2,(H,14,15). The molecule has 16 heavy (non-hydrogen) atoms. The summed E-state index contributed by atoms with van der Waals surface area (Å²) < 4.78 is 13.2. The summed E-state index contributed by atoms with van der Waals surface area (Å²) in [6.45, 7) is 0. The Labute approximate surface area is 95.8 Å². The van der Waals surface area contributed by atoms with Gasteiger partial charge in [-0.2, -0.15) is 0 Å². The monoisotopic (exact) mass is 245 g/mol. The molecule has 0 aromatic heterocycles. The molecule has 1 aromatic carbocycles. The van der Waals surface area contributed by atoms with E-state index in [0.717, 1.165) is 12.1 Å². The van der Waals surface area contributed by atoms with E-state index in [0.29, 0.717) is 0 Å². The van der Waals surface area contributed by atoms with Crippen molar-refractivity contribution in [2.75, 3.05) is 0 Å². The Morgan fingerprint density at radius 3 is 2.69 bits per heavy atom. The molecule has 0 fully saturated rings. The Bertz CT molecular complexity index is 436. The molecule has 0 heterocycles. The maximum atomic E-state index is 13.2. The van der Waals surface area contributed by atoms with Crippen molar-refractivity contribution in [3.63, 3.8) is 0 Å². The number of carbonyl (C=O) groups excluding carboxylic acids is 1. The molecule has 0 aliphatic heterocycles. The number of carboxylic acid groups (broad SMARTS) is 1. The second kappa shape index (κ2) is 5.05. The van der Waals surface area contributed by atoms with Crippen LogP contribution < -0.4 is 5.73 Å². The number of carboxylic acids is 1. The molecule has 1 atom stereocenters. The molecule has 0 radical (unpaired) electrons. The highest BCUT2D eigenvalue weighted by atomic mass is 35.5. The summed E-state index contributed by atoms with van der Waals surface area (Å²) in [4.78, 5) is 21.9. The van der Waals surface area contributed by atoms with Crippen LogP contribution in [-0.4, -0.2) is 22.9 Å². The highest BCUT2D eigenvalue weighted by Crippen LogP contribution is 2.16. The molecular weight excluding hydrogens is 237 g/mol. The predicted octanol–water partition coefficient (Wildman–Crippen LogP) is 1.46. The molecule has 1 rings (SSSR count). The fraction of sp³-hybridized carbons (Fsp3) is 0.200. The van der Waals surface area contributed by atoms with E-state index in [4.69, 9.17) is 22.4 Å². The zero-order chi connectivity index (χ0) is 12.3. The average molecular weight is 246 g/mol. The summed E-state index contributed by atoms with van der Waals surface area (Å²) in [5.41, 5.74) is 5.04. The van der Waals surface area contributed by atoms with Gasteiger partial charge in [0.05, 0.1) is 18.0 Å². The summed E-state index contributed by atoms with van der Waals surface area (Å²) in [5, 5.41) is 8.64. The first kappa shape index (κ1) is 12.6. The molecule has 4 nitrogen and oxygen atoms in total. The zero-order valence-electron chi connectivity index (χ0n) is 8.11. The fourth-order valence-electron chi connectivity index (χ4n) is 1.17. The van der Waals surface area contributed by atoms with Gasteiger partial charge in [0.1, 0.15) is 5.82 Å². The van der Waals surface area contributed by atoms with Crippen molar-refractivity contribution in [1.82, 2.24) is 0 Å². The minimum absolute atomic E-state index is 0.187. The smallest absolute Gasteiger partial charge is 0.305 e. The van der Waals surface area contributed by atoms with Gasteiger partial charge in [-0.05, 0) is 18.2 Å². The van der Waals surface area contributed by atoms with Crippen LogP contribution in [0.5, 0.6) is 0 Å². The van der Waals surface area contributed by atoms with Crippen LogP contribution in [0.25, 0.3) is 0 Å². The summed E-state index contributed by atoms with van der Waals surface area (Å²) >= 11 is 5.60. The third kappa shape index (κ3) is 3.01. The number of nitrogens with two attached hydrogens (primary N) is 1. The van der Waals surface area contributed by atoms with Gasteiger partial charge in [0.15, 0.2) is 5.78 Å². The summed E-state index contributed by atoms with van der Waals surface area (Å²) in [5.74, 6) is -2.76. The lowest BCUT2D eigenvalue weighted by atomic mass is 10.0. The van der Waals surface area contributed by atoms with Crippen LogP contribution in [0.1, 0.15) is 16.8 Å². The van der Waals surface area contributed by atoms with Crippen LogP contribution in [0.15, 0.2) is 18.2 Å². The second-order valence-corrected chi connectivity index (χ2v) is 3.63. The number of hydrogen-bond acceptors (Lipinski definition) is 3. The Morgan fingerprint density at radius 1 is 1.50 bits per heavy atom. The highest BCUT2D eigenvalue weighted by molar-refractivity contribution is 6.31. The van der Waals surface area contributed by atoms with Crippen molar-refractivity contribution < 1.29 is 19.1 Å². The topological polar surface area (TPSA) is 80.4 Å². The Hall–Kier alpha value is -1.46. The van der Waals surface area contributed by atoms with Gasteiger partial charge in [0.2, 0.25) is 0 Å². The van der Waals surface area contributed by atoms with E-state index >= 15 is 0 Å². The lowest BCUT2D eigenvalue weighted by Gasteiger charge is -2.08. The Morgan fingerprint density at radius 2 is 2.12 bits per heavy atom. The van der Waals surface area contributed by atoms with Crippen molar-refractivity contribution in [2.24, 2.45) is 5.73 Å². The molecule has 0 bridgehead atoms. The molecule has 0 saturated heterocycles. The first-order valence-electron chi connectivity index (χ1n) is 4.38. The van der Waals surface area contributed by atoms with E-state index in [1.807, 2.05) is 0 Å². The number of carbonyl (C=O) groups is 2. The molecule has 6 heteroatoms. The van der Waals surface area contributed by atoms with Crippen molar-refractivity contribution in [2.45, 2.75) is 12.5 Å². The highest BCUT2D eigenvalue weighted by Gasteiger charge is 2.21. The van der Waals surface area contributed by atoms with Gasteiger partial charge in [-0.25, -0.2) is 4.39 Å². The number of ketones is 1. The summed E-state index contributed by atoms with van der Waals surface area (Å²) in [6, 6.07) is 2.17. The number of benzene rings is 1. The molecule has 0 amide bonds. The quantitative estimate of drug-likeness (QED) is 0.787. The van der Waals surface area contributed by atoms with E-state index in [-0.39, 0.29) is 10.6 Å². The van der Waals surface area contributed by atoms with Crippen LogP contribution in [0.3, 0.4) is 0 Å². The Kier molecular flexibility index (Phi) is 3.98. The number of aliphatic carboxylic acids is 1. The van der Waals surface area contributed by atoms with E-state index in [9.17, 15) is 14.0 Å². The third-order valence-corrected chi connectivity index (χ3v) is 2.16. The lowest BCUT2D eigenvalue weighted by molar-refractivity contribution is -0.137. The molecule has 0 aliphatic rings. The van der Waals surface area contributed by atoms with Gasteiger partial charge in [-0.1, -0.05) is 11.6 Å². The molecule has 0 spiro atoms. The maximum absolute atomic E-state index is 13.2. The molecule has 3 N–H and O–H groups in total. The third-order valence-electron chi connectivity index (χ3n) is 1.93. The van der Waals surface area contributed by atoms with Crippen LogP contribution >= 0.6 is 11.6 Å². The normalized spacial score (nSPS) is 12.2. The number of hydrogen-bond donors (Lipinski definition) is 2. The van der Waals surface area contributed by atoms with Crippen molar-refractivity contribution >= 4 is 23.4 Å². The van der Waals surface area contributed by atoms with E-state index in [1.54, 1.807) is 0 Å². The number of halogens is 2. The van der Waals surface area contributed by atoms with Gasteiger partial charge >= 0.3 is 5.97 Å². The fourth-order valence-corrected chi connectivity index (χ4v) is 1.34. The molecule has 0 saturated carbocycles. The number of Topliss-reactive ketones (excluding diaryl/α,β-unsaturated/α-hetero) is 1. The second-order valence-electron chi connectivity index (χ2n) is 3.19. The Balaban J connectivity index is 2.95. The summed E-state index contributed by atoms with van der Waals surface area (Å²) in [6.07, 6.45) is -0.551. The zero-order valence-corrected chi connectivity index (χ0v) is 8.87. The van der Waals surface area contributed by atoms with Crippen molar-refractivity contribution in [1.29, 1.82) is 0 Å². The van der Waals surface area contributed by atoms with Crippen LogP contribution in [0.2, 0.25) is 5.02 Å². The predicted molar refractivity (Wildman–Crippen MR) is 56.0 cm³/mol. The van der Waals surface area contributed by atoms with Crippen LogP contribution in [0, 0.1) is 5.82 Å². The molecular formula is C10H9ClFNO3. The minimum atomic E-state index is -1.27.